The molecular formula is C17H20N2O. The lowest BCUT2D eigenvalue weighted by atomic mass is 10.1. The predicted molar refractivity (Wildman–Crippen MR) is 82.7 cm³/mol. The van der Waals surface area contributed by atoms with Crippen LogP contribution in [0.4, 0.5) is 5.69 Å². The van der Waals surface area contributed by atoms with Gasteiger partial charge >= 0.3 is 0 Å². The van der Waals surface area contributed by atoms with Gasteiger partial charge in [0.1, 0.15) is 0 Å². The normalized spacial score (nSPS) is 10.3. The molecule has 20 heavy (non-hydrogen) atoms. The number of rotatable bonds is 5. The van der Waals surface area contributed by atoms with Gasteiger partial charge in [0.05, 0.1) is 6.42 Å². The highest BCUT2D eigenvalue weighted by Gasteiger charge is 2.08. The zero-order chi connectivity index (χ0) is 14.4. The highest BCUT2D eigenvalue weighted by Crippen LogP contribution is 2.16. The molecule has 1 amide bonds. The number of carbonyl (C=O) groups excluding carboxylic acids is 1. The molecule has 0 radical (unpaired) electrons. The Morgan fingerprint density at radius 3 is 2.35 bits per heavy atom. The molecule has 3 nitrogen and oxygen atoms in total. The number of hydrogen-bond acceptors (Lipinski definition) is 2. The number of benzene rings is 2. The maximum atomic E-state index is 12.2. The summed E-state index contributed by atoms with van der Waals surface area (Å²) in [6.07, 6.45) is 0.403. The van der Waals surface area contributed by atoms with Gasteiger partial charge in [0.2, 0.25) is 5.91 Å². The Morgan fingerprint density at radius 2 is 1.65 bits per heavy atom. The van der Waals surface area contributed by atoms with Gasteiger partial charge in [-0.05, 0) is 36.7 Å². The van der Waals surface area contributed by atoms with Crippen LogP contribution < -0.4 is 10.6 Å². The van der Waals surface area contributed by atoms with Crippen LogP contribution in [0.25, 0.3) is 0 Å². The van der Waals surface area contributed by atoms with E-state index in [2.05, 4.69) is 10.6 Å². The SMILES string of the molecule is CNCc1ccccc1NC(=O)Cc1ccccc1C. The fraction of sp³-hybridized carbons (Fsp3) is 0.235. The molecule has 0 aliphatic heterocycles. The van der Waals surface area contributed by atoms with Crippen LogP contribution in [0.1, 0.15) is 16.7 Å². The second-order valence-electron chi connectivity index (χ2n) is 4.84. The molecule has 2 aromatic carbocycles. The molecule has 0 aliphatic rings. The van der Waals surface area contributed by atoms with Gasteiger partial charge in [-0.25, -0.2) is 0 Å². The Hall–Kier alpha value is -2.13. The van der Waals surface area contributed by atoms with E-state index in [0.29, 0.717) is 6.42 Å². The van der Waals surface area contributed by atoms with Crippen molar-refractivity contribution in [3.63, 3.8) is 0 Å². The molecule has 0 saturated carbocycles. The quantitative estimate of drug-likeness (QED) is 0.875. The molecule has 0 aliphatic carbocycles. The van der Waals surface area contributed by atoms with Gasteiger partial charge < -0.3 is 10.6 Å². The van der Waals surface area contributed by atoms with Crippen LogP contribution in [0.15, 0.2) is 48.5 Å². The van der Waals surface area contributed by atoms with Crippen molar-refractivity contribution in [2.24, 2.45) is 0 Å². The van der Waals surface area contributed by atoms with Gasteiger partial charge in [-0.15, -0.1) is 0 Å². The Kier molecular flexibility index (Phi) is 4.91. The minimum atomic E-state index is 0.0165. The average Bonchev–Trinajstić information content (AvgIpc) is 2.44. The van der Waals surface area contributed by atoms with Crippen molar-refractivity contribution in [1.82, 2.24) is 5.32 Å². The van der Waals surface area contributed by atoms with Crippen LogP contribution in [0.5, 0.6) is 0 Å². The van der Waals surface area contributed by atoms with Gasteiger partial charge in [0.25, 0.3) is 0 Å². The number of para-hydroxylation sites is 1. The van der Waals surface area contributed by atoms with E-state index < -0.39 is 0 Å². The summed E-state index contributed by atoms with van der Waals surface area (Å²) in [5.74, 6) is 0.0165. The third kappa shape index (κ3) is 3.68. The first-order chi connectivity index (χ1) is 9.70. The number of carbonyl (C=O) groups is 1. The van der Waals surface area contributed by atoms with Crippen LogP contribution in [-0.2, 0) is 17.8 Å². The lowest BCUT2D eigenvalue weighted by Gasteiger charge is -2.11. The maximum absolute atomic E-state index is 12.2. The minimum Gasteiger partial charge on any atom is -0.325 e. The molecule has 0 atom stereocenters. The molecule has 2 aromatic rings. The summed E-state index contributed by atoms with van der Waals surface area (Å²) in [6.45, 7) is 2.76. The number of nitrogens with one attached hydrogen (secondary N) is 2. The fourth-order valence-electron chi connectivity index (χ4n) is 2.16. The molecule has 3 heteroatoms. The summed E-state index contributed by atoms with van der Waals surface area (Å²) in [5.41, 5.74) is 4.18. The van der Waals surface area contributed by atoms with Crippen molar-refractivity contribution in [3.8, 4) is 0 Å². The fourth-order valence-corrected chi connectivity index (χ4v) is 2.16. The van der Waals surface area contributed by atoms with E-state index in [1.54, 1.807) is 0 Å². The van der Waals surface area contributed by atoms with Crippen molar-refractivity contribution in [3.05, 3.63) is 65.2 Å². The van der Waals surface area contributed by atoms with E-state index in [1.165, 1.54) is 0 Å². The lowest BCUT2D eigenvalue weighted by molar-refractivity contribution is -0.115. The Bertz CT molecular complexity index is 593. The molecule has 104 valence electrons. The van der Waals surface area contributed by atoms with Crippen LogP contribution >= 0.6 is 0 Å². The standard InChI is InChI=1S/C17H20N2O/c1-13-7-3-4-8-14(13)11-17(20)19-16-10-6-5-9-15(16)12-18-2/h3-10,18H,11-12H2,1-2H3,(H,19,20). The van der Waals surface area contributed by atoms with Crippen molar-refractivity contribution in [2.45, 2.75) is 19.9 Å². The smallest absolute Gasteiger partial charge is 0.228 e. The molecule has 0 fully saturated rings. The Morgan fingerprint density at radius 1 is 1.00 bits per heavy atom. The summed E-state index contributed by atoms with van der Waals surface area (Å²) < 4.78 is 0. The number of amides is 1. The van der Waals surface area contributed by atoms with Gasteiger partial charge in [-0.1, -0.05) is 42.5 Å². The van der Waals surface area contributed by atoms with Crippen LogP contribution in [0.2, 0.25) is 0 Å². The number of anilines is 1. The van der Waals surface area contributed by atoms with E-state index >= 15 is 0 Å². The maximum Gasteiger partial charge on any atom is 0.228 e. The lowest BCUT2D eigenvalue weighted by Crippen LogP contribution is -2.17. The average molecular weight is 268 g/mol. The first-order valence-electron chi connectivity index (χ1n) is 6.77. The van der Waals surface area contributed by atoms with Crippen molar-refractivity contribution >= 4 is 11.6 Å². The van der Waals surface area contributed by atoms with Gasteiger partial charge in [-0.3, -0.25) is 4.79 Å². The van der Waals surface area contributed by atoms with Crippen LogP contribution in [0, 0.1) is 6.92 Å². The zero-order valence-corrected chi connectivity index (χ0v) is 11.9. The first-order valence-corrected chi connectivity index (χ1v) is 6.77. The molecule has 0 spiro atoms. The number of hydrogen-bond donors (Lipinski definition) is 2. The summed E-state index contributed by atoms with van der Waals surface area (Å²) >= 11 is 0. The van der Waals surface area contributed by atoms with Gasteiger partial charge in [0.15, 0.2) is 0 Å². The first kappa shape index (κ1) is 14.3. The Labute approximate surface area is 120 Å². The largest absolute Gasteiger partial charge is 0.325 e. The summed E-state index contributed by atoms with van der Waals surface area (Å²) in [5, 5.41) is 6.10. The Balaban J connectivity index is 2.07. The van der Waals surface area contributed by atoms with Crippen molar-refractivity contribution < 1.29 is 4.79 Å². The van der Waals surface area contributed by atoms with E-state index in [1.807, 2.05) is 62.5 Å². The topological polar surface area (TPSA) is 41.1 Å². The van der Waals surface area contributed by atoms with Crippen molar-refractivity contribution in [2.75, 3.05) is 12.4 Å². The molecule has 0 unspecified atom stereocenters. The predicted octanol–water partition coefficient (Wildman–Crippen LogP) is 2.90. The van der Waals surface area contributed by atoms with Gasteiger partial charge in [-0.2, -0.15) is 0 Å². The zero-order valence-electron chi connectivity index (χ0n) is 11.9. The molecular weight excluding hydrogens is 248 g/mol. The minimum absolute atomic E-state index is 0.0165. The molecule has 2 N–H and O–H groups in total. The highest BCUT2D eigenvalue weighted by atomic mass is 16.1. The molecule has 0 bridgehead atoms. The molecule has 0 heterocycles. The summed E-state index contributed by atoms with van der Waals surface area (Å²) in [7, 11) is 1.89. The van der Waals surface area contributed by atoms with Crippen LogP contribution in [0.3, 0.4) is 0 Å². The molecule has 0 aromatic heterocycles. The van der Waals surface area contributed by atoms with Gasteiger partial charge in [0, 0.05) is 12.2 Å². The third-order valence-electron chi connectivity index (χ3n) is 3.27. The monoisotopic (exact) mass is 268 g/mol. The van der Waals surface area contributed by atoms with E-state index in [4.69, 9.17) is 0 Å². The summed E-state index contributed by atoms with van der Waals surface area (Å²) in [6, 6.07) is 15.8. The van der Waals surface area contributed by atoms with Crippen LogP contribution in [-0.4, -0.2) is 13.0 Å². The highest BCUT2D eigenvalue weighted by molar-refractivity contribution is 5.93. The third-order valence-corrected chi connectivity index (χ3v) is 3.27. The summed E-state index contributed by atoms with van der Waals surface area (Å²) in [4.78, 5) is 12.2. The second-order valence-corrected chi connectivity index (χ2v) is 4.84. The van der Waals surface area contributed by atoms with E-state index in [9.17, 15) is 4.79 Å². The molecule has 2 rings (SSSR count). The number of aryl methyl sites for hydroxylation is 1. The van der Waals surface area contributed by atoms with E-state index in [-0.39, 0.29) is 5.91 Å². The second kappa shape index (κ2) is 6.87. The van der Waals surface area contributed by atoms with E-state index in [0.717, 1.165) is 28.9 Å². The molecule has 0 saturated heterocycles. The van der Waals surface area contributed by atoms with Crippen molar-refractivity contribution in [1.29, 1.82) is 0 Å².